The van der Waals surface area contributed by atoms with Gasteiger partial charge in [0.15, 0.2) is 13.2 Å². The first kappa shape index (κ1) is 17.4. The van der Waals surface area contributed by atoms with Gasteiger partial charge in [0.1, 0.15) is 5.75 Å². The first-order chi connectivity index (χ1) is 10.3. The van der Waals surface area contributed by atoms with Crippen LogP contribution >= 0.6 is 0 Å². The van der Waals surface area contributed by atoms with E-state index in [1.165, 1.54) is 6.07 Å². The lowest BCUT2D eigenvalue weighted by Crippen LogP contribution is -2.30. The van der Waals surface area contributed by atoms with Gasteiger partial charge >= 0.3 is 12.1 Å². The zero-order valence-electron chi connectivity index (χ0n) is 11.3. The number of hydrogen-bond donors (Lipinski definition) is 1. The van der Waals surface area contributed by atoms with Crippen molar-refractivity contribution < 1.29 is 32.2 Å². The van der Waals surface area contributed by atoms with E-state index in [-0.39, 0.29) is 12.3 Å². The predicted octanol–water partition coefficient (Wildman–Crippen LogP) is 1.38. The second-order valence-corrected chi connectivity index (χ2v) is 3.96. The summed E-state index contributed by atoms with van der Waals surface area (Å²) in [5, 5.41) is 2.27. The molecule has 0 fully saturated rings. The number of nitrogens with one attached hydrogen (secondary N) is 1. The summed E-state index contributed by atoms with van der Waals surface area (Å²) in [4.78, 5) is 22.4. The molecule has 0 radical (unpaired) electrons. The lowest BCUT2D eigenvalue weighted by atomic mass is 10.2. The molecule has 1 aromatic carbocycles. The quantitative estimate of drug-likeness (QED) is 0.636. The van der Waals surface area contributed by atoms with Crippen LogP contribution in [0.1, 0.15) is 5.56 Å². The lowest BCUT2D eigenvalue weighted by Gasteiger charge is -2.10. The van der Waals surface area contributed by atoms with E-state index in [1.807, 2.05) is 0 Å². The highest BCUT2D eigenvalue weighted by atomic mass is 19.4. The molecular weight excluding hydrogens is 303 g/mol. The van der Waals surface area contributed by atoms with Crippen LogP contribution in [0.3, 0.4) is 0 Å². The lowest BCUT2D eigenvalue weighted by molar-refractivity contribution is -0.150. The van der Waals surface area contributed by atoms with Crippen LogP contribution < -0.4 is 10.1 Å². The van der Waals surface area contributed by atoms with Crippen LogP contribution in [0.2, 0.25) is 0 Å². The highest BCUT2D eigenvalue weighted by molar-refractivity contribution is 5.81. The summed E-state index contributed by atoms with van der Waals surface area (Å²) in [6, 6.07) is 4.05. The van der Waals surface area contributed by atoms with Crippen molar-refractivity contribution in [1.29, 1.82) is 0 Å². The molecule has 0 aromatic heterocycles. The molecule has 1 amide bonds. The van der Waals surface area contributed by atoms with Crippen LogP contribution in [0, 0.1) is 12.3 Å². The van der Waals surface area contributed by atoms with E-state index in [2.05, 4.69) is 16.0 Å². The summed E-state index contributed by atoms with van der Waals surface area (Å²) in [6.07, 6.45) is 0.410. The number of hydrogen-bond acceptors (Lipinski definition) is 4. The van der Waals surface area contributed by atoms with Crippen molar-refractivity contribution in [3.8, 4) is 18.1 Å². The van der Waals surface area contributed by atoms with E-state index in [0.717, 1.165) is 18.2 Å². The van der Waals surface area contributed by atoms with E-state index in [0.29, 0.717) is 0 Å². The second-order valence-electron chi connectivity index (χ2n) is 3.96. The zero-order valence-corrected chi connectivity index (χ0v) is 11.3. The second kappa shape index (κ2) is 7.93. The van der Waals surface area contributed by atoms with Crippen LogP contribution in [-0.4, -0.2) is 31.6 Å². The summed E-state index contributed by atoms with van der Waals surface area (Å²) in [7, 11) is 0. The third kappa shape index (κ3) is 6.17. The zero-order chi connectivity index (χ0) is 16.6. The summed E-state index contributed by atoms with van der Waals surface area (Å²) >= 11 is 0. The SMILES string of the molecule is C#CCNC(=O)COC(=O)COc1cccc(C(F)(F)F)c1. The number of rotatable bonds is 6. The Balaban J connectivity index is 2.42. The maximum Gasteiger partial charge on any atom is 0.416 e. The number of esters is 1. The van der Waals surface area contributed by atoms with Crippen LogP contribution in [0.25, 0.3) is 0 Å². The average molecular weight is 315 g/mol. The van der Waals surface area contributed by atoms with Crippen LogP contribution in [0.5, 0.6) is 5.75 Å². The van der Waals surface area contributed by atoms with Crippen molar-refractivity contribution in [2.45, 2.75) is 6.18 Å². The Bertz CT molecular complexity index is 578. The smallest absolute Gasteiger partial charge is 0.416 e. The summed E-state index contributed by atoms with van der Waals surface area (Å²) in [5.41, 5.74) is -0.896. The molecule has 22 heavy (non-hydrogen) atoms. The number of ether oxygens (including phenoxy) is 2. The van der Waals surface area contributed by atoms with Gasteiger partial charge < -0.3 is 14.8 Å². The third-order valence-corrected chi connectivity index (χ3v) is 2.27. The van der Waals surface area contributed by atoms with Gasteiger partial charge in [0.2, 0.25) is 0 Å². The van der Waals surface area contributed by atoms with Crippen molar-refractivity contribution in [3.63, 3.8) is 0 Å². The molecule has 1 rings (SSSR count). The topological polar surface area (TPSA) is 64.6 Å². The number of amides is 1. The first-order valence-electron chi connectivity index (χ1n) is 5.99. The van der Waals surface area contributed by atoms with Crippen LogP contribution in [0.4, 0.5) is 13.2 Å². The van der Waals surface area contributed by atoms with E-state index in [9.17, 15) is 22.8 Å². The van der Waals surface area contributed by atoms with Crippen molar-refractivity contribution in [2.75, 3.05) is 19.8 Å². The molecule has 0 saturated carbocycles. The van der Waals surface area contributed by atoms with E-state index >= 15 is 0 Å². The van der Waals surface area contributed by atoms with E-state index in [4.69, 9.17) is 11.2 Å². The first-order valence-corrected chi connectivity index (χ1v) is 5.99. The van der Waals surface area contributed by atoms with Gasteiger partial charge in [-0.3, -0.25) is 4.79 Å². The largest absolute Gasteiger partial charge is 0.482 e. The summed E-state index contributed by atoms with van der Waals surface area (Å²) < 4.78 is 46.8. The Labute approximate surface area is 124 Å². The molecule has 0 spiro atoms. The monoisotopic (exact) mass is 315 g/mol. The van der Waals surface area contributed by atoms with Gasteiger partial charge in [-0.25, -0.2) is 4.79 Å². The Hall–Kier alpha value is -2.69. The molecule has 0 aliphatic carbocycles. The average Bonchev–Trinajstić information content (AvgIpc) is 2.48. The van der Waals surface area contributed by atoms with Gasteiger partial charge in [-0.2, -0.15) is 13.2 Å². The molecule has 0 unspecified atom stereocenters. The molecule has 5 nitrogen and oxygen atoms in total. The minimum Gasteiger partial charge on any atom is -0.482 e. The van der Waals surface area contributed by atoms with Crippen molar-refractivity contribution >= 4 is 11.9 Å². The van der Waals surface area contributed by atoms with E-state index in [1.54, 1.807) is 0 Å². The van der Waals surface area contributed by atoms with Gasteiger partial charge in [-0.15, -0.1) is 6.42 Å². The third-order valence-electron chi connectivity index (χ3n) is 2.27. The maximum absolute atomic E-state index is 12.5. The molecule has 0 heterocycles. The molecule has 8 heteroatoms. The Morgan fingerprint density at radius 1 is 1.27 bits per heavy atom. The van der Waals surface area contributed by atoms with Gasteiger partial charge in [0.05, 0.1) is 12.1 Å². The molecule has 0 saturated heterocycles. The molecule has 0 aliphatic heterocycles. The molecule has 118 valence electrons. The van der Waals surface area contributed by atoms with Gasteiger partial charge in [-0.1, -0.05) is 12.0 Å². The molecule has 0 aliphatic rings. The normalized spacial score (nSPS) is 10.5. The molecular formula is C14H12F3NO4. The van der Waals surface area contributed by atoms with Crippen LogP contribution in [-0.2, 0) is 20.5 Å². The van der Waals surface area contributed by atoms with Crippen molar-refractivity contribution in [3.05, 3.63) is 29.8 Å². The van der Waals surface area contributed by atoms with Gasteiger partial charge in [0, 0.05) is 0 Å². The standard InChI is InChI=1S/C14H12F3NO4/c1-2-6-18-12(19)8-22-13(20)9-21-11-5-3-4-10(7-11)14(15,16)17/h1,3-5,7H,6,8-9H2,(H,18,19). The van der Waals surface area contributed by atoms with E-state index < -0.39 is 36.8 Å². The van der Waals surface area contributed by atoms with Crippen molar-refractivity contribution in [2.24, 2.45) is 0 Å². The molecule has 1 N–H and O–H groups in total. The molecule has 0 bridgehead atoms. The number of carbonyl (C=O) groups is 2. The number of halogens is 3. The minimum absolute atomic E-state index is 0.00286. The van der Waals surface area contributed by atoms with Gasteiger partial charge in [-0.05, 0) is 18.2 Å². The number of carbonyl (C=O) groups excluding carboxylic acids is 2. The van der Waals surface area contributed by atoms with Crippen molar-refractivity contribution in [1.82, 2.24) is 5.32 Å². The summed E-state index contributed by atoms with van der Waals surface area (Å²) in [5.74, 6) is 0.538. The Morgan fingerprint density at radius 2 is 2.00 bits per heavy atom. The van der Waals surface area contributed by atoms with Gasteiger partial charge in [0.25, 0.3) is 5.91 Å². The highest BCUT2D eigenvalue weighted by Crippen LogP contribution is 2.31. The fraction of sp³-hybridized carbons (Fsp3) is 0.286. The fourth-order valence-corrected chi connectivity index (χ4v) is 1.29. The fourth-order valence-electron chi connectivity index (χ4n) is 1.29. The Morgan fingerprint density at radius 3 is 2.64 bits per heavy atom. The maximum atomic E-state index is 12.5. The van der Waals surface area contributed by atoms with Crippen LogP contribution in [0.15, 0.2) is 24.3 Å². The minimum atomic E-state index is -4.50. The number of terminal acetylenes is 1. The molecule has 1 aromatic rings. The molecule has 0 atom stereocenters. The summed E-state index contributed by atoms with van der Waals surface area (Å²) in [6.45, 7) is -1.17. The number of benzene rings is 1. The predicted molar refractivity (Wildman–Crippen MR) is 69.7 cm³/mol. The number of alkyl halides is 3. The highest BCUT2D eigenvalue weighted by Gasteiger charge is 2.30. The Kier molecular flexibility index (Phi) is 6.25.